The second-order valence-electron chi connectivity index (χ2n) is 5.82. The molecule has 0 unspecified atom stereocenters. The molecule has 0 saturated carbocycles. The van der Waals surface area contributed by atoms with Crippen molar-refractivity contribution < 1.29 is 28.6 Å². The summed E-state index contributed by atoms with van der Waals surface area (Å²) in [5.41, 5.74) is 0.804. The smallest absolute Gasteiger partial charge is 0.355 e. The Morgan fingerprint density at radius 2 is 1.67 bits per heavy atom. The summed E-state index contributed by atoms with van der Waals surface area (Å²) in [5, 5.41) is 0. The molecule has 1 aromatic carbocycles. The fourth-order valence-electron chi connectivity index (χ4n) is 2.43. The lowest BCUT2D eigenvalue weighted by Crippen LogP contribution is -2.27. The minimum atomic E-state index is -0.721. The topological polar surface area (TPSA) is 82.1 Å². The minimum absolute atomic E-state index is 0.0243. The summed E-state index contributed by atoms with van der Waals surface area (Å²) in [4.78, 5) is 38.2. The van der Waals surface area contributed by atoms with Crippen LogP contribution >= 0.6 is 0 Å². The second kappa shape index (κ2) is 8.84. The van der Waals surface area contributed by atoms with Crippen LogP contribution in [0.25, 0.3) is 0 Å². The van der Waals surface area contributed by atoms with Crippen LogP contribution in [0.1, 0.15) is 24.2 Å². The van der Waals surface area contributed by atoms with Gasteiger partial charge in [0, 0.05) is 11.9 Å². The number of esters is 3. The number of allylic oxidation sites excluding steroid dienone is 2. The van der Waals surface area contributed by atoms with Crippen molar-refractivity contribution >= 4 is 23.6 Å². The molecule has 0 spiro atoms. The molecule has 0 N–H and O–H groups in total. The quantitative estimate of drug-likeness (QED) is 0.581. The van der Waals surface area contributed by atoms with Crippen LogP contribution in [0.2, 0.25) is 0 Å². The van der Waals surface area contributed by atoms with E-state index in [1.54, 1.807) is 56.5 Å². The van der Waals surface area contributed by atoms with Gasteiger partial charge in [-0.15, -0.1) is 0 Å². The maximum Gasteiger partial charge on any atom is 0.355 e. The molecule has 1 aliphatic rings. The van der Waals surface area contributed by atoms with Gasteiger partial charge in [0.1, 0.15) is 5.70 Å². The van der Waals surface area contributed by atoms with Gasteiger partial charge in [-0.05, 0) is 44.2 Å². The van der Waals surface area contributed by atoms with E-state index in [1.807, 2.05) is 0 Å². The molecule has 0 radical (unpaired) electrons. The van der Waals surface area contributed by atoms with Crippen molar-refractivity contribution in [2.75, 3.05) is 19.1 Å². The lowest BCUT2D eigenvalue weighted by Gasteiger charge is -2.23. The Labute approximate surface area is 157 Å². The third kappa shape index (κ3) is 4.63. The van der Waals surface area contributed by atoms with E-state index in [2.05, 4.69) is 0 Å². The first-order valence-electron chi connectivity index (χ1n) is 8.25. The molecule has 27 heavy (non-hydrogen) atoms. The van der Waals surface area contributed by atoms with Gasteiger partial charge in [-0.3, -0.25) is 0 Å². The molecular formula is C20H21NO6. The predicted octanol–water partition coefficient (Wildman–Crippen LogP) is 2.74. The Balaban J connectivity index is 2.56. The summed E-state index contributed by atoms with van der Waals surface area (Å²) in [6, 6.07) is 6.53. The van der Waals surface area contributed by atoms with Gasteiger partial charge >= 0.3 is 17.9 Å². The van der Waals surface area contributed by atoms with Crippen LogP contribution in [0.5, 0.6) is 0 Å². The number of hydrogen-bond acceptors (Lipinski definition) is 7. The van der Waals surface area contributed by atoms with Crippen molar-refractivity contribution in [3.63, 3.8) is 0 Å². The largest absolute Gasteiger partial charge is 0.465 e. The molecule has 1 aliphatic heterocycles. The van der Waals surface area contributed by atoms with Crippen molar-refractivity contribution in [2.45, 2.75) is 20.0 Å². The standard InChI is InChI=1S/C20H21NO6/c1-13(2)27-18(22)14-8-7-9-15(12-14)21-11-6-5-10-16(19(23)25-3)17(21)20(24)26-4/h5-13H,1-4H3. The Hall–Kier alpha value is -3.35. The van der Waals surface area contributed by atoms with Crippen LogP contribution in [0.3, 0.4) is 0 Å². The van der Waals surface area contributed by atoms with Crippen LogP contribution in [0.4, 0.5) is 5.69 Å². The van der Waals surface area contributed by atoms with E-state index in [0.717, 1.165) is 0 Å². The van der Waals surface area contributed by atoms with Gasteiger partial charge in [0.05, 0.1) is 31.5 Å². The Morgan fingerprint density at radius 3 is 2.30 bits per heavy atom. The molecule has 0 bridgehead atoms. The van der Waals surface area contributed by atoms with Crippen LogP contribution < -0.4 is 4.90 Å². The van der Waals surface area contributed by atoms with E-state index in [0.29, 0.717) is 11.3 Å². The van der Waals surface area contributed by atoms with E-state index in [9.17, 15) is 14.4 Å². The molecule has 0 saturated heterocycles. The number of benzene rings is 1. The second-order valence-corrected chi connectivity index (χ2v) is 5.82. The van der Waals surface area contributed by atoms with Gasteiger partial charge in [-0.25, -0.2) is 14.4 Å². The molecule has 7 nitrogen and oxygen atoms in total. The fraction of sp³-hybridized carbons (Fsp3) is 0.250. The maximum atomic E-state index is 12.4. The van der Waals surface area contributed by atoms with Gasteiger partial charge < -0.3 is 19.1 Å². The zero-order valence-electron chi connectivity index (χ0n) is 15.6. The maximum absolute atomic E-state index is 12.4. The average molecular weight is 371 g/mol. The van der Waals surface area contributed by atoms with Gasteiger partial charge in [0.15, 0.2) is 0 Å². The number of carbonyl (C=O) groups excluding carboxylic acids is 3. The lowest BCUT2D eigenvalue weighted by molar-refractivity contribution is -0.139. The number of rotatable bonds is 5. The normalized spacial score (nSPS) is 13.4. The van der Waals surface area contributed by atoms with Gasteiger partial charge in [0.2, 0.25) is 0 Å². The summed E-state index contributed by atoms with van der Waals surface area (Å²) in [5.74, 6) is -1.89. The van der Waals surface area contributed by atoms with E-state index < -0.39 is 17.9 Å². The molecule has 0 amide bonds. The summed E-state index contributed by atoms with van der Waals surface area (Å²) in [6.45, 7) is 3.51. The molecule has 0 aromatic heterocycles. The first-order chi connectivity index (χ1) is 12.9. The Morgan fingerprint density at radius 1 is 0.963 bits per heavy atom. The van der Waals surface area contributed by atoms with Crippen molar-refractivity contribution in [1.82, 2.24) is 0 Å². The highest BCUT2D eigenvalue weighted by molar-refractivity contribution is 6.05. The van der Waals surface area contributed by atoms with Crippen LogP contribution in [0, 0.1) is 0 Å². The fourth-order valence-corrected chi connectivity index (χ4v) is 2.43. The molecule has 0 aliphatic carbocycles. The number of anilines is 1. The van der Waals surface area contributed by atoms with Crippen molar-refractivity contribution in [3.05, 3.63) is 65.5 Å². The summed E-state index contributed by atoms with van der Waals surface area (Å²) in [6.07, 6.45) is 6.04. The van der Waals surface area contributed by atoms with Crippen LogP contribution in [0.15, 0.2) is 60.0 Å². The van der Waals surface area contributed by atoms with Gasteiger partial charge in [0.25, 0.3) is 0 Å². The third-order valence-electron chi connectivity index (χ3n) is 3.59. The zero-order chi connectivity index (χ0) is 20.0. The predicted molar refractivity (Wildman–Crippen MR) is 98.8 cm³/mol. The Bertz CT molecular complexity index is 835. The molecule has 2 rings (SSSR count). The summed E-state index contributed by atoms with van der Waals surface area (Å²) < 4.78 is 14.8. The van der Waals surface area contributed by atoms with Crippen molar-refractivity contribution in [1.29, 1.82) is 0 Å². The zero-order valence-corrected chi connectivity index (χ0v) is 15.6. The molecular weight excluding hydrogens is 350 g/mol. The molecule has 0 atom stereocenters. The van der Waals surface area contributed by atoms with Crippen molar-refractivity contribution in [3.8, 4) is 0 Å². The number of ether oxygens (including phenoxy) is 3. The van der Waals surface area contributed by atoms with Crippen LogP contribution in [-0.2, 0) is 23.8 Å². The van der Waals surface area contributed by atoms with E-state index in [4.69, 9.17) is 14.2 Å². The molecule has 1 aromatic rings. The number of hydrogen-bond donors (Lipinski definition) is 0. The number of methoxy groups -OCH3 is 2. The van der Waals surface area contributed by atoms with E-state index in [-0.39, 0.29) is 17.4 Å². The summed E-state index contributed by atoms with van der Waals surface area (Å²) >= 11 is 0. The number of carbonyl (C=O) groups is 3. The van der Waals surface area contributed by atoms with Crippen molar-refractivity contribution in [2.24, 2.45) is 0 Å². The first kappa shape index (κ1) is 20.0. The average Bonchev–Trinajstić information content (AvgIpc) is 2.89. The molecule has 142 valence electrons. The first-order valence-corrected chi connectivity index (χ1v) is 8.25. The number of nitrogens with zero attached hydrogens (tertiary/aromatic N) is 1. The monoisotopic (exact) mass is 371 g/mol. The molecule has 1 heterocycles. The highest BCUT2D eigenvalue weighted by Crippen LogP contribution is 2.27. The van der Waals surface area contributed by atoms with Crippen LogP contribution in [-0.4, -0.2) is 38.2 Å². The minimum Gasteiger partial charge on any atom is -0.465 e. The van der Waals surface area contributed by atoms with E-state index in [1.165, 1.54) is 25.2 Å². The molecule has 7 heteroatoms. The summed E-state index contributed by atoms with van der Waals surface area (Å²) in [7, 11) is 2.44. The highest BCUT2D eigenvalue weighted by atomic mass is 16.5. The molecule has 0 fully saturated rings. The lowest BCUT2D eigenvalue weighted by atomic mass is 10.1. The van der Waals surface area contributed by atoms with E-state index >= 15 is 0 Å². The Kier molecular flexibility index (Phi) is 6.54. The van der Waals surface area contributed by atoms with Gasteiger partial charge in [-0.1, -0.05) is 12.1 Å². The third-order valence-corrected chi connectivity index (χ3v) is 3.59. The SMILES string of the molecule is COC(=O)C1=C(C(=O)OC)N(c2cccc(C(=O)OC(C)C)c2)C=CC=C1. The highest BCUT2D eigenvalue weighted by Gasteiger charge is 2.27. The van der Waals surface area contributed by atoms with Gasteiger partial charge in [-0.2, -0.15) is 0 Å².